The number of aromatic hydroxyl groups is 2. The molecule has 8 aliphatic rings. The molecule has 2 aromatic carbocycles. The molecule has 10 rings (SSSR count). The van der Waals surface area contributed by atoms with Gasteiger partial charge in [0, 0.05) is 54.1 Å². The Morgan fingerprint density at radius 1 is 0.978 bits per heavy atom. The quantitative estimate of drug-likeness (QED) is 0.379. The number of Topliss-reactive ketones (excluding diaryl/α,β-unsaturated/α-hetero) is 1. The highest BCUT2D eigenvalue weighted by atomic mass is 16.5. The Balaban J connectivity index is 0.000000126. The number of piperidine rings is 2. The van der Waals surface area contributed by atoms with Crippen molar-refractivity contribution in [1.82, 2.24) is 9.80 Å². The molecule has 4 heterocycles. The standard InChI is InChI=1S/C19H21NO4.C17H19NO3/c1-2-8-20-9-7-18-15-11-3-4-12(21)16(15)24-17(18)13(22)5-6-19(18,23)14(20)10-11;1-18-7-6-17-10-3-5-13(20)16(17)21-15-12(19)4-2-9(14(15)17)8-11(10)18/h2-4,14,17,21,23H,1,5-10H2;2-5,10-11,13,16,19-20H,6-8H2,1H3/t14-,17+,18+,19-;10-,11+,13-,16-,17-/m10/s1. The van der Waals surface area contributed by atoms with Gasteiger partial charge in [0.25, 0.3) is 0 Å². The largest absolute Gasteiger partial charge is 0.504 e. The molecule has 9 heteroatoms. The first-order chi connectivity index (χ1) is 21.7. The molecule has 236 valence electrons. The number of carbonyl (C=O) groups excluding carboxylic acids is 1. The van der Waals surface area contributed by atoms with Crippen molar-refractivity contribution >= 4 is 5.78 Å². The van der Waals surface area contributed by atoms with Crippen molar-refractivity contribution < 1.29 is 34.7 Å². The van der Waals surface area contributed by atoms with Crippen LogP contribution >= 0.6 is 0 Å². The minimum Gasteiger partial charge on any atom is -0.504 e. The molecule has 45 heavy (non-hydrogen) atoms. The number of aliphatic hydroxyl groups excluding tert-OH is 1. The number of nitrogens with zero attached hydrogens (tertiary/aromatic N) is 2. The maximum absolute atomic E-state index is 12.6. The van der Waals surface area contributed by atoms with E-state index in [0.717, 1.165) is 43.6 Å². The monoisotopic (exact) mass is 612 g/mol. The summed E-state index contributed by atoms with van der Waals surface area (Å²) in [5.41, 5.74) is 2.55. The molecule has 2 spiro atoms. The zero-order valence-electron chi connectivity index (χ0n) is 25.5. The van der Waals surface area contributed by atoms with E-state index in [1.165, 1.54) is 11.1 Å². The summed E-state index contributed by atoms with van der Waals surface area (Å²) in [5.74, 6) is 1.72. The van der Waals surface area contributed by atoms with E-state index in [4.69, 9.17) is 9.47 Å². The molecular formula is C36H40N2O7. The molecule has 0 unspecified atom stereocenters. The fourth-order valence-corrected chi connectivity index (χ4v) is 11.0. The summed E-state index contributed by atoms with van der Waals surface area (Å²) >= 11 is 0. The molecule has 0 radical (unpaired) electrons. The minimum absolute atomic E-state index is 0.0408. The van der Waals surface area contributed by atoms with E-state index < -0.39 is 23.2 Å². The van der Waals surface area contributed by atoms with Gasteiger partial charge < -0.3 is 34.8 Å². The summed E-state index contributed by atoms with van der Waals surface area (Å²) < 4.78 is 12.1. The molecule has 4 aliphatic carbocycles. The Hall–Kier alpha value is -3.37. The van der Waals surface area contributed by atoms with Crippen molar-refractivity contribution in [2.24, 2.45) is 5.92 Å². The number of hydrogen-bond acceptors (Lipinski definition) is 9. The number of phenolic OH excluding ortho intramolecular Hbond substituents is 2. The van der Waals surface area contributed by atoms with E-state index >= 15 is 0 Å². The van der Waals surface area contributed by atoms with Crippen LogP contribution in [-0.2, 0) is 28.5 Å². The highest BCUT2D eigenvalue weighted by molar-refractivity contribution is 5.90. The van der Waals surface area contributed by atoms with Crippen LogP contribution in [0.3, 0.4) is 0 Å². The molecule has 4 aliphatic heterocycles. The second-order valence-corrected chi connectivity index (χ2v) is 14.5. The van der Waals surface area contributed by atoms with Crippen LogP contribution in [0.5, 0.6) is 23.0 Å². The molecule has 0 aromatic heterocycles. The molecule has 2 saturated heterocycles. The summed E-state index contributed by atoms with van der Waals surface area (Å²) in [5, 5.41) is 42.7. The van der Waals surface area contributed by atoms with Gasteiger partial charge in [0.05, 0.1) is 11.0 Å². The SMILES string of the molecule is C=CCN1CC[C@]23c4c5ccc(O)c4O[C@H]2C(=O)CC[C@@]3(O)[C@H]1C5.CN1CC[C@]23c4c5ccc(O)c4O[C@H]2[C@@H](O)C=C[C@H]3[C@H]1C5. The summed E-state index contributed by atoms with van der Waals surface area (Å²) in [6.07, 6.45) is 8.52. The lowest BCUT2D eigenvalue weighted by atomic mass is 9.49. The molecule has 3 fully saturated rings. The first-order valence-corrected chi connectivity index (χ1v) is 16.4. The third kappa shape index (κ3) is 3.20. The molecular weight excluding hydrogens is 572 g/mol. The predicted molar refractivity (Wildman–Crippen MR) is 165 cm³/mol. The third-order valence-corrected chi connectivity index (χ3v) is 12.9. The zero-order chi connectivity index (χ0) is 31.0. The Bertz CT molecular complexity index is 1690. The van der Waals surface area contributed by atoms with Crippen molar-refractivity contribution in [2.45, 2.75) is 85.4 Å². The summed E-state index contributed by atoms with van der Waals surface area (Å²) in [4.78, 5) is 17.3. The van der Waals surface area contributed by atoms with E-state index in [0.29, 0.717) is 49.1 Å². The van der Waals surface area contributed by atoms with Gasteiger partial charge in [-0.1, -0.05) is 30.4 Å². The van der Waals surface area contributed by atoms with Crippen LogP contribution < -0.4 is 9.47 Å². The molecule has 4 N–H and O–H groups in total. The number of ether oxygens (including phenoxy) is 2. The Morgan fingerprint density at radius 3 is 2.47 bits per heavy atom. The lowest BCUT2D eigenvalue weighted by Crippen LogP contribution is -2.76. The number of likely N-dealkylation sites (N-methyl/N-ethyl adjacent to an activating group) is 1. The highest BCUT2D eigenvalue weighted by Crippen LogP contribution is 2.65. The van der Waals surface area contributed by atoms with Gasteiger partial charge in [0.2, 0.25) is 0 Å². The van der Waals surface area contributed by atoms with Crippen molar-refractivity contribution in [3.63, 3.8) is 0 Å². The second-order valence-electron chi connectivity index (χ2n) is 14.5. The van der Waals surface area contributed by atoms with Gasteiger partial charge in [-0.05, 0) is 69.0 Å². The normalized spacial score (nSPS) is 40.8. The number of aliphatic hydroxyl groups is 2. The smallest absolute Gasteiger partial charge is 0.174 e. The number of likely N-dealkylation sites (tertiary alicyclic amines) is 2. The summed E-state index contributed by atoms with van der Waals surface area (Å²) in [6.45, 7) is 6.37. The fraction of sp³-hybridized carbons (Fsp3) is 0.528. The van der Waals surface area contributed by atoms with Crippen LogP contribution in [-0.4, -0.2) is 98.7 Å². The highest BCUT2D eigenvalue weighted by Gasteiger charge is 2.73. The van der Waals surface area contributed by atoms with Crippen LogP contribution in [0.4, 0.5) is 0 Å². The topological polar surface area (TPSA) is 123 Å². The van der Waals surface area contributed by atoms with Crippen LogP contribution in [0.15, 0.2) is 49.1 Å². The van der Waals surface area contributed by atoms with E-state index in [1.54, 1.807) is 12.1 Å². The van der Waals surface area contributed by atoms with Gasteiger partial charge in [-0.25, -0.2) is 0 Å². The summed E-state index contributed by atoms with van der Waals surface area (Å²) in [6, 6.07) is 7.74. The van der Waals surface area contributed by atoms with Crippen LogP contribution in [0, 0.1) is 5.92 Å². The molecule has 1 saturated carbocycles. The van der Waals surface area contributed by atoms with Gasteiger partial charge in [0.15, 0.2) is 34.9 Å². The van der Waals surface area contributed by atoms with Crippen molar-refractivity contribution in [1.29, 1.82) is 0 Å². The zero-order valence-corrected chi connectivity index (χ0v) is 25.5. The lowest BCUT2D eigenvalue weighted by Gasteiger charge is -2.62. The first kappa shape index (κ1) is 27.9. The number of phenols is 2. The van der Waals surface area contributed by atoms with Gasteiger partial charge in [0.1, 0.15) is 12.2 Å². The van der Waals surface area contributed by atoms with Crippen LogP contribution in [0.2, 0.25) is 0 Å². The molecule has 2 aromatic rings. The number of rotatable bonds is 2. The Labute approximate surface area is 262 Å². The van der Waals surface area contributed by atoms with E-state index in [2.05, 4.69) is 29.5 Å². The molecule has 4 bridgehead atoms. The maximum atomic E-state index is 12.6. The van der Waals surface area contributed by atoms with E-state index in [-0.39, 0.29) is 34.8 Å². The number of carbonyl (C=O) groups is 1. The second kappa shape index (κ2) is 9.12. The van der Waals surface area contributed by atoms with Crippen LogP contribution in [0.25, 0.3) is 0 Å². The number of benzene rings is 2. The molecule has 9 nitrogen and oxygen atoms in total. The summed E-state index contributed by atoms with van der Waals surface area (Å²) in [7, 11) is 2.19. The molecule has 0 amide bonds. The maximum Gasteiger partial charge on any atom is 0.174 e. The predicted octanol–water partition coefficient (Wildman–Crippen LogP) is 2.50. The van der Waals surface area contributed by atoms with Gasteiger partial charge in [-0.15, -0.1) is 6.58 Å². The van der Waals surface area contributed by atoms with E-state index in [1.807, 2.05) is 24.3 Å². The average Bonchev–Trinajstić information content (AvgIpc) is 3.57. The minimum atomic E-state index is -1.00. The van der Waals surface area contributed by atoms with Crippen molar-refractivity contribution in [2.75, 3.05) is 26.7 Å². The average molecular weight is 613 g/mol. The number of ketones is 1. The van der Waals surface area contributed by atoms with Crippen molar-refractivity contribution in [3.05, 3.63) is 71.3 Å². The fourth-order valence-electron chi connectivity index (χ4n) is 11.0. The van der Waals surface area contributed by atoms with Gasteiger partial charge in [-0.3, -0.25) is 9.69 Å². The molecule has 9 atom stereocenters. The third-order valence-electron chi connectivity index (χ3n) is 12.9. The first-order valence-electron chi connectivity index (χ1n) is 16.4. The lowest BCUT2D eigenvalue weighted by molar-refractivity contribution is -0.187. The van der Waals surface area contributed by atoms with E-state index in [9.17, 15) is 25.2 Å². The Kier molecular flexibility index (Phi) is 5.66. The van der Waals surface area contributed by atoms with Crippen LogP contribution in [0.1, 0.15) is 47.9 Å². The number of hydrogen-bond donors (Lipinski definition) is 4. The Morgan fingerprint density at radius 2 is 1.71 bits per heavy atom. The van der Waals surface area contributed by atoms with Gasteiger partial charge in [-0.2, -0.15) is 0 Å². The van der Waals surface area contributed by atoms with Gasteiger partial charge >= 0.3 is 0 Å². The van der Waals surface area contributed by atoms with Crippen molar-refractivity contribution in [3.8, 4) is 23.0 Å².